The van der Waals surface area contributed by atoms with Crippen LogP contribution in [0, 0.1) is 0 Å². The molecular weight excluding hydrogens is 368 g/mol. The summed E-state index contributed by atoms with van der Waals surface area (Å²) >= 11 is 7.46. The molecule has 1 atom stereocenters. The summed E-state index contributed by atoms with van der Waals surface area (Å²) in [5, 5.41) is 9.96. The number of para-hydroxylation sites is 1. The minimum Gasteiger partial charge on any atom is -0.345 e. The average molecular weight is 387 g/mol. The Hall–Kier alpha value is -2.15. The van der Waals surface area contributed by atoms with Crippen molar-refractivity contribution >= 4 is 45.1 Å². The number of nitrogens with zero attached hydrogens (tertiary/aromatic N) is 4. The van der Waals surface area contributed by atoms with Gasteiger partial charge in [-0.05, 0) is 55.7 Å². The minimum atomic E-state index is -1.05. The first kappa shape index (κ1) is 18.6. The van der Waals surface area contributed by atoms with Crippen molar-refractivity contribution in [2.75, 3.05) is 12.9 Å². The van der Waals surface area contributed by atoms with Crippen molar-refractivity contribution in [1.29, 1.82) is 0 Å². The Morgan fingerprint density at radius 3 is 2.69 bits per heavy atom. The molecule has 3 aromatic rings. The number of aliphatic imine (C=N–C) groups is 1. The van der Waals surface area contributed by atoms with Crippen molar-refractivity contribution in [3.8, 4) is 0 Å². The molecule has 0 aliphatic heterocycles. The molecule has 5 nitrogen and oxygen atoms in total. The summed E-state index contributed by atoms with van der Waals surface area (Å²) in [5.74, 6) is 0. The first-order chi connectivity index (χ1) is 12.6. The summed E-state index contributed by atoms with van der Waals surface area (Å²) in [6.07, 6.45) is 3.66. The van der Waals surface area contributed by atoms with Crippen LogP contribution in [-0.4, -0.2) is 32.9 Å². The SMILES string of the molecule is C=CC(OCC)(C(=Nc1ccc(Cl)cc1)SC)n1nnc2ccccc21. The molecule has 0 fully saturated rings. The van der Waals surface area contributed by atoms with E-state index in [1.807, 2.05) is 49.6 Å². The van der Waals surface area contributed by atoms with E-state index < -0.39 is 5.72 Å². The predicted octanol–water partition coefficient (Wildman–Crippen LogP) is 5.05. The number of fused-ring (bicyclic) bond motifs is 1. The normalized spacial score (nSPS) is 14.3. The fraction of sp³-hybridized carbons (Fsp3) is 0.211. The summed E-state index contributed by atoms with van der Waals surface area (Å²) in [4.78, 5) is 4.78. The average Bonchev–Trinajstić information content (AvgIpc) is 3.10. The number of rotatable bonds is 6. The lowest BCUT2D eigenvalue weighted by molar-refractivity contribution is -0.00902. The van der Waals surface area contributed by atoms with Gasteiger partial charge in [0.05, 0.1) is 11.2 Å². The van der Waals surface area contributed by atoms with E-state index in [-0.39, 0.29) is 0 Å². The topological polar surface area (TPSA) is 52.3 Å². The van der Waals surface area contributed by atoms with Crippen LogP contribution in [0.25, 0.3) is 11.0 Å². The zero-order chi connectivity index (χ0) is 18.6. The molecule has 0 aliphatic carbocycles. The standard InChI is InChI=1S/C19H19ClN4OS/c1-4-19(25-5-2,24-17-9-7-6-8-16(17)22-23-24)18(26-3)21-15-12-10-14(20)11-13-15/h4,6-13H,1,5H2,2-3H3. The van der Waals surface area contributed by atoms with E-state index in [4.69, 9.17) is 21.3 Å². The van der Waals surface area contributed by atoms with Gasteiger partial charge < -0.3 is 4.74 Å². The van der Waals surface area contributed by atoms with Gasteiger partial charge >= 0.3 is 0 Å². The van der Waals surface area contributed by atoms with Gasteiger partial charge in [0.25, 0.3) is 0 Å². The van der Waals surface area contributed by atoms with Crippen LogP contribution in [0.2, 0.25) is 5.02 Å². The van der Waals surface area contributed by atoms with Crippen LogP contribution in [-0.2, 0) is 10.5 Å². The molecule has 0 bridgehead atoms. The summed E-state index contributed by atoms with van der Waals surface area (Å²) in [5.41, 5.74) is 1.35. The van der Waals surface area contributed by atoms with Crippen LogP contribution in [0.3, 0.4) is 0 Å². The smallest absolute Gasteiger partial charge is 0.231 e. The van der Waals surface area contributed by atoms with Gasteiger partial charge in [-0.15, -0.1) is 16.9 Å². The summed E-state index contributed by atoms with van der Waals surface area (Å²) < 4.78 is 7.87. The molecule has 0 saturated carbocycles. The third-order valence-electron chi connectivity index (χ3n) is 3.86. The first-order valence-corrected chi connectivity index (χ1v) is 9.72. The number of benzene rings is 2. The lowest BCUT2D eigenvalue weighted by atomic mass is 10.2. The molecule has 0 N–H and O–H groups in total. The van der Waals surface area contributed by atoms with E-state index in [0.29, 0.717) is 16.7 Å². The molecule has 0 amide bonds. The number of hydrogen-bond acceptors (Lipinski definition) is 5. The van der Waals surface area contributed by atoms with Gasteiger partial charge in [-0.2, -0.15) is 0 Å². The molecule has 0 radical (unpaired) electrons. The number of ether oxygens (including phenoxy) is 1. The van der Waals surface area contributed by atoms with Crippen LogP contribution in [0.15, 0.2) is 66.2 Å². The third kappa shape index (κ3) is 3.40. The van der Waals surface area contributed by atoms with Crippen molar-refractivity contribution in [2.45, 2.75) is 12.6 Å². The highest BCUT2D eigenvalue weighted by Gasteiger charge is 2.38. The molecule has 26 heavy (non-hydrogen) atoms. The molecule has 7 heteroatoms. The fourth-order valence-electron chi connectivity index (χ4n) is 2.69. The summed E-state index contributed by atoms with van der Waals surface area (Å²) in [7, 11) is 0. The Kier molecular flexibility index (Phi) is 5.76. The van der Waals surface area contributed by atoms with E-state index in [2.05, 4.69) is 16.9 Å². The number of halogens is 1. The lowest BCUT2D eigenvalue weighted by Crippen LogP contribution is -2.42. The number of thioether (sulfide) groups is 1. The van der Waals surface area contributed by atoms with Crippen LogP contribution in [0.5, 0.6) is 0 Å². The quantitative estimate of drug-likeness (QED) is 0.338. The van der Waals surface area contributed by atoms with E-state index in [9.17, 15) is 0 Å². The van der Waals surface area contributed by atoms with Gasteiger partial charge in [0.2, 0.25) is 5.72 Å². The van der Waals surface area contributed by atoms with Crippen molar-refractivity contribution < 1.29 is 4.74 Å². The highest BCUT2D eigenvalue weighted by Crippen LogP contribution is 2.32. The maximum Gasteiger partial charge on any atom is 0.231 e. The zero-order valence-corrected chi connectivity index (χ0v) is 16.2. The maximum absolute atomic E-state index is 6.14. The number of hydrogen-bond donors (Lipinski definition) is 0. The summed E-state index contributed by atoms with van der Waals surface area (Å²) in [6.45, 7) is 6.40. The maximum atomic E-state index is 6.14. The molecule has 3 rings (SSSR count). The lowest BCUT2D eigenvalue weighted by Gasteiger charge is -2.31. The molecule has 0 saturated heterocycles. The highest BCUT2D eigenvalue weighted by atomic mass is 35.5. The monoisotopic (exact) mass is 386 g/mol. The van der Waals surface area contributed by atoms with Gasteiger partial charge in [-0.25, -0.2) is 9.67 Å². The summed E-state index contributed by atoms with van der Waals surface area (Å²) in [6, 6.07) is 15.1. The van der Waals surface area contributed by atoms with E-state index in [1.165, 1.54) is 11.8 Å². The fourth-order valence-corrected chi connectivity index (χ4v) is 3.53. The molecule has 1 aromatic heterocycles. The molecule has 0 spiro atoms. The van der Waals surface area contributed by atoms with Crippen LogP contribution < -0.4 is 0 Å². The Morgan fingerprint density at radius 2 is 2.04 bits per heavy atom. The van der Waals surface area contributed by atoms with Gasteiger partial charge in [-0.3, -0.25) is 0 Å². The molecule has 134 valence electrons. The Bertz CT molecular complexity index is 938. The molecule has 0 aliphatic rings. The molecular formula is C19H19ClN4OS. The third-order valence-corrected chi connectivity index (χ3v) is 4.89. The minimum absolute atomic E-state index is 0.459. The van der Waals surface area contributed by atoms with Gasteiger partial charge in [0.15, 0.2) is 0 Å². The van der Waals surface area contributed by atoms with Crippen molar-refractivity contribution in [3.63, 3.8) is 0 Å². The van der Waals surface area contributed by atoms with Gasteiger partial charge in [0.1, 0.15) is 10.6 Å². The van der Waals surface area contributed by atoms with Crippen molar-refractivity contribution in [2.24, 2.45) is 4.99 Å². The van der Waals surface area contributed by atoms with E-state index >= 15 is 0 Å². The van der Waals surface area contributed by atoms with Crippen LogP contribution in [0.4, 0.5) is 5.69 Å². The first-order valence-electron chi connectivity index (χ1n) is 8.11. The van der Waals surface area contributed by atoms with Crippen LogP contribution in [0.1, 0.15) is 6.92 Å². The molecule has 1 unspecified atom stereocenters. The van der Waals surface area contributed by atoms with Crippen molar-refractivity contribution in [3.05, 3.63) is 66.2 Å². The Morgan fingerprint density at radius 1 is 1.31 bits per heavy atom. The largest absolute Gasteiger partial charge is 0.345 e. The predicted molar refractivity (Wildman–Crippen MR) is 109 cm³/mol. The van der Waals surface area contributed by atoms with E-state index in [1.54, 1.807) is 22.9 Å². The van der Waals surface area contributed by atoms with E-state index in [0.717, 1.165) is 16.7 Å². The second-order valence-corrected chi connectivity index (χ2v) is 6.65. The molecule has 2 aromatic carbocycles. The Balaban J connectivity index is 2.20. The number of aromatic nitrogens is 3. The van der Waals surface area contributed by atoms with Crippen molar-refractivity contribution in [1.82, 2.24) is 15.0 Å². The van der Waals surface area contributed by atoms with Crippen LogP contribution >= 0.6 is 23.4 Å². The van der Waals surface area contributed by atoms with Gasteiger partial charge in [0, 0.05) is 11.6 Å². The Labute approximate surface area is 161 Å². The molecule has 1 heterocycles. The second kappa shape index (κ2) is 8.03. The van der Waals surface area contributed by atoms with Gasteiger partial charge in [-0.1, -0.05) is 35.5 Å². The zero-order valence-electron chi connectivity index (χ0n) is 14.6. The highest BCUT2D eigenvalue weighted by molar-refractivity contribution is 8.13. The second-order valence-electron chi connectivity index (χ2n) is 5.42.